The van der Waals surface area contributed by atoms with Crippen LogP contribution >= 0.6 is 0 Å². The topological polar surface area (TPSA) is 91.9 Å². The minimum atomic E-state index is -0.927. The summed E-state index contributed by atoms with van der Waals surface area (Å²) in [5, 5.41) is 10.1. The number of ether oxygens (including phenoxy) is 1. The average Bonchev–Trinajstić information content (AvgIpc) is 2.61. The Bertz CT molecular complexity index is 1140. The third-order valence-corrected chi connectivity index (χ3v) is 4.30. The molecule has 0 saturated heterocycles. The quantitative estimate of drug-likeness (QED) is 0.716. The van der Waals surface area contributed by atoms with Gasteiger partial charge in [-0.2, -0.15) is 5.26 Å². The number of aromatic amines is 1. The molecule has 2 aromatic carbocycles. The summed E-state index contributed by atoms with van der Waals surface area (Å²) in [5.74, 6) is -1.32. The highest BCUT2D eigenvalue weighted by molar-refractivity contribution is 5.87. The number of nitriles is 1. The van der Waals surface area contributed by atoms with Crippen molar-refractivity contribution in [3.8, 4) is 11.8 Å². The van der Waals surface area contributed by atoms with E-state index < -0.39 is 17.3 Å². The van der Waals surface area contributed by atoms with Crippen LogP contribution in [-0.4, -0.2) is 4.98 Å². The summed E-state index contributed by atoms with van der Waals surface area (Å²) in [4.78, 5) is 15.5. The van der Waals surface area contributed by atoms with Crippen molar-refractivity contribution in [1.82, 2.24) is 4.98 Å². The summed E-state index contributed by atoms with van der Waals surface area (Å²) < 4.78 is 20.0. The number of nitrogens with one attached hydrogen (secondary N) is 1. The molecule has 25 heavy (non-hydrogen) atoms. The predicted molar refractivity (Wildman–Crippen MR) is 90.3 cm³/mol. The lowest BCUT2D eigenvalue weighted by atomic mass is 9.83. The van der Waals surface area contributed by atoms with Gasteiger partial charge < -0.3 is 15.5 Å². The molecule has 0 amide bonds. The highest BCUT2D eigenvalue weighted by Crippen LogP contribution is 2.43. The first kappa shape index (κ1) is 15.0. The highest BCUT2D eigenvalue weighted by atomic mass is 19.1. The maximum atomic E-state index is 14.4. The van der Waals surface area contributed by atoms with E-state index in [0.717, 1.165) is 0 Å². The number of rotatable bonds is 1. The highest BCUT2D eigenvalue weighted by Gasteiger charge is 2.35. The lowest BCUT2D eigenvalue weighted by Crippen LogP contribution is -2.28. The molecule has 0 fully saturated rings. The zero-order chi connectivity index (χ0) is 17.6. The molecule has 4 rings (SSSR count). The number of benzene rings is 2. The number of fused-ring (bicyclic) bond motifs is 3. The number of nitrogens with zero attached hydrogens (tertiary/aromatic N) is 1. The van der Waals surface area contributed by atoms with Crippen molar-refractivity contribution in [3.05, 3.63) is 87.3 Å². The number of nitrogens with two attached hydrogens (primary N) is 1. The van der Waals surface area contributed by atoms with Crippen molar-refractivity contribution in [2.75, 3.05) is 0 Å². The van der Waals surface area contributed by atoms with Crippen LogP contribution in [0.15, 0.2) is 64.8 Å². The number of hydrogen-bond donors (Lipinski definition) is 2. The Morgan fingerprint density at radius 2 is 1.88 bits per heavy atom. The Morgan fingerprint density at radius 1 is 1.16 bits per heavy atom. The maximum Gasteiger partial charge on any atom is 0.256 e. The number of pyridine rings is 1. The molecule has 5 nitrogen and oxygen atoms in total. The molecule has 122 valence electrons. The minimum Gasteiger partial charge on any atom is -0.439 e. The molecular weight excluding hydrogens is 321 g/mol. The molecule has 1 aliphatic heterocycles. The molecule has 0 bridgehead atoms. The van der Waals surface area contributed by atoms with Gasteiger partial charge in [0.05, 0.1) is 17.0 Å². The van der Waals surface area contributed by atoms with Gasteiger partial charge in [-0.15, -0.1) is 0 Å². The molecule has 6 heteroatoms. The first-order valence-corrected chi connectivity index (χ1v) is 7.58. The Hall–Kier alpha value is -3.59. The van der Waals surface area contributed by atoms with Crippen LogP contribution in [0.3, 0.4) is 0 Å². The summed E-state index contributed by atoms with van der Waals surface area (Å²) in [6.07, 6.45) is 0. The Morgan fingerprint density at radius 3 is 2.64 bits per heavy atom. The fourth-order valence-corrected chi connectivity index (χ4v) is 3.19. The third-order valence-electron chi connectivity index (χ3n) is 4.30. The molecule has 0 saturated carbocycles. The summed E-state index contributed by atoms with van der Waals surface area (Å²) in [7, 11) is 0. The molecule has 0 aliphatic carbocycles. The zero-order valence-electron chi connectivity index (χ0n) is 12.9. The van der Waals surface area contributed by atoms with Crippen LogP contribution in [0.2, 0.25) is 0 Å². The van der Waals surface area contributed by atoms with Gasteiger partial charge in [-0.3, -0.25) is 4.79 Å². The van der Waals surface area contributed by atoms with Crippen LogP contribution in [0.5, 0.6) is 5.75 Å². The van der Waals surface area contributed by atoms with E-state index in [-0.39, 0.29) is 28.3 Å². The van der Waals surface area contributed by atoms with Gasteiger partial charge in [0, 0.05) is 10.9 Å². The average molecular weight is 333 g/mol. The number of para-hydroxylation sites is 1. The van der Waals surface area contributed by atoms with Crippen molar-refractivity contribution in [2.24, 2.45) is 5.73 Å². The van der Waals surface area contributed by atoms with E-state index in [1.54, 1.807) is 36.4 Å². The second-order valence-electron chi connectivity index (χ2n) is 5.69. The summed E-state index contributed by atoms with van der Waals surface area (Å²) in [6, 6.07) is 15.0. The largest absolute Gasteiger partial charge is 0.439 e. The number of halogens is 1. The van der Waals surface area contributed by atoms with E-state index in [4.69, 9.17) is 10.5 Å². The molecular formula is C19H12FN3O2. The van der Waals surface area contributed by atoms with Crippen LogP contribution in [-0.2, 0) is 0 Å². The molecule has 3 aromatic rings. The number of hydrogen-bond acceptors (Lipinski definition) is 4. The van der Waals surface area contributed by atoms with Gasteiger partial charge in [0.25, 0.3) is 5.56 Å². The standard InChI is InChI=1S/C19H12FN3O2/c20-13-7-3-1-5-10(13)15-12(9-21)18(22)25-17-11-6-2-4-8-14(11)23-19(24)16(15)17/h1-8,15H,22H2,(H,23,24). The van der Waals surface area contributed by atoms with Crippen LogP contribution in [0, 0.1) is 17.1 Å². The first-order chi connectivity index (χ1) is 12.1. The molecule has 1 aliphatic rings. The first-order valence-electron chi connectivity index (χ1n) is 7.58. The van der Waals surface area contributed by atoms with Crippen molar-refractivity contribution < 1.29 is 9.13 Å². The summed E-state index contributed by atoms with van der Waals surface area (Å²) in [5.41, 5.74) is 6.45. The van der Waals surface area contributed by atoms with E-state index in [1.165, 1.54) is 12.1 Å². The number of H-pyrrole nitrogens is 1. The lowest BCUT2D eigenvalue weighted by Gasteiger charge is -2.26. The smallest absolute Gasteiger partial charge is 0.256 e. The van der Waals surface area contributed by atoms with Gasteiger partial charge in [-0.1, -0.05) is 30.3 Å². The van der Waals surface area contributed by atoms with Crippen molar-refractivity contribution >= 4 is 10.9 Å². The lowest BCUT2D eigenvalue weighted by molar-refractivity contribution is 0.395. The van der Waals surface area contributed by atoms with E-state index in [1.807, 2.05) is 6.07 Å². The van der Waals surface area contributed by atoms with Gasteiger partial charge in [0.15, 0.2) is 0 Å². The molecule has 3 N–H and O–H groups in total. The summed E-state index contributed by atoms with van der Waals surface area (Å²) >= 11 is 0. The van der Waals surface area contributed by atoms with E-state index >= 15 is 0 Å². The van der Waals surface area contributed by atoms with Gasteiger partial charge in [0.2, 0.25) is 5.88 Å². The Balaban J connectivity index is 2.12. The van der Waals surface area contributed by atoms with E-state index in [0.29, 0.717) is 10.9 Å². The monoisotopic (exact) mass is 333 g/mol. The third kappa shape index (κ3) is 2.17. The molecule has 2 heterocycles. The number of aromatic nitrogens is 1. The van der Waals surface area contributed by atoms with E-state index in [9.17, 15) is 14.4 Å². The number of allylic oxidation sites excluding steroid dienone is 1. The molecule has 1 unspecified atom stereocenters. The molecule has 1 atom stereocenters. The predicted octanol–water partition coefficient (Wildman–Crippen LogP) is 2.89. The van der Waals surface area contributed by atoms with Gasteiger partial charge in [-0.05, 0) is 18.2 Å². The van der Waals surface area contributed by atoms with Crippen molar-refractivity contribution in [1.29, 1.82) is 5.26 Å². The van der Waals surface area contributed by atoms with Gasteiger partial charge in [-0.25, -0.2) is 4.39 Å². The molecule has 1 aromatic heterocycles. The van der Waals surface area contributed by atoms with Gasteiger partial charge >= 0.3 is 0 Å². The van der Waals surface area contributed by atoms with Crippen molar-refractivity contribution in [2.45, 2.75) is 5.92 Å². The van der Waals surface area contributed by atoms with Crippen LogP contribution in [0.4, 0.5) is 4.39 Å². The maximum absolute atomic E-state index is 14.4. The Kier molecular flexibility index (Phi) is 3.29. The second-order valence-corrected chi connectivity index (χ2v) is 5.69. The van der Waals surface area contributed by atoms with E-state index in [2.05, 4.69) is 4.98 Å². The summed E-state index contributed by atoms with van der Waals surface area (Å²) in [6.45, 7) is 0. The van der Waals surface area contributed by atoms with Crippen LogP contribution in [0.1, 0.15) is 17.0 Å². The molecule has 0 radical (unpaired) electrons. The SMILES string of the molecule is N#CC1=C(N)Oc2c(c(=O)[nH]c3ccccc23)C1c1ccccc1F. The second kappa shape index (κ2) is 5.49. The molecule has 0 spiro atoms. The fourth-order valence-electron chi connectivity index (χ4n) is 3.19. The fraction of sp³-hybridized carbons (Fsp3) is 0.0526. The van der Waals surface area contributed by atoms with Crippen LogP contribution < -0.4 is 16.0 Å². The minimum absolute atomic E-state index is 0.0124. The zero-order valence-corrected chi connectivity index (χ0v) is 12.9. The Labute approximate surface area is 141 Å². The van der Waals surface area contributed by atoms with Gasteiger partial charge in [0.1, 0.15) is 23.2 Å². The normalized spacial score (nSPS) is 16.2. The van der Waals surface area contributed by atoms with Crippen LogP contribution in [0.25, 0.3) is 10.9 Å². The van der Waals surface area contributed by atoms with Crippen molar-refractivity contribution in [3.63, 3.8) is 0 Å².